The molecule has 0 spiro atoms. The van der Waals surface area contributed by atoms with Crippen LogP contribution in [0.5, 0.6) is 0 Å². The first-order valence-electron chi connectivity index (χ1n) is 8.36. The number of urea groups is 1. The summed E-state index contributed by atoms with van der Waals surface area (Å²) in [6.07, 6.45) is 1.30. The third-order valence-electron chi connectivity index (χ3n) is 4.59. The second-order valence-corrected chi connectivity index (χ2v) is 6.35. The van der Waals surface area contributed by atoms with Crippen LogP contribution in [0.3, 0.4) is 0 Å². The predicted molar refractivity (Wildman–Crippen MR) is 96.1 cm³/mol. The summed E-state index contributed by atoms with van der Waals surface area (Å²) in [5, 5.41) is 16.1. The van der Waals surface area contributed by atoms with Gasteiger partial charge in [-0.1, -0.05) is 18.2 Å². The van der Waals surface area contributed by atoms with Crippen molar-refractivity contribution in [3.05, 3.63) is 60.4 Å². The molecule has 3 rings (SSSR count). The Kier molecular flexibility index (Phi) is 5.19. The van der Waals surface area contributed by atoms with E-state index in [1.165, 1.54) is 24.3 Å². The number of hydrogen-bond acceptors (Lipinski definition) is 3. The monoisotopic (exact) mass is 343 g/mol. The lowest BCUT2D eigenvalue weighted by molar-refractivity contribution is 0.132. The zero-order valence-corrected chi connectivity index (χ0v) is 13.9. The van der Waals surface area contributed by atoms with Gasteiger partial charge in [0, 0.05) is 24.5 Å². The van der Waals surface area contributed by atoms with Gasteiger partial charge in [0.15, 0.2) is 0 Å². The molecule has 1 heterocycles. The number of aliphatic hydroxyl groups excluding tert-OH is 1. The van der Waals surface area contributed by atoms with Gasteiger partial charge in [-0.15, -0.1) is 0 Å². The number of amides is 2. The number of carbonyl (C=O) groups excluding carboxylic acids is 1. The Morgan fingerprint density at radius 3 is 2.28 bits per heavy atom. The van der Waals surface area contributed by atoms with E-state index in [-0.39, 0.29) is 18.5 Å². The minimum atomic E-state index is -0.423. The molecule has 1 aliphatic rings. The van der Waals surface area contributed by atoms with Crippen LogP contribution in [0.1, 0.15) is 12.8 Å². The van der Waals surface area contributed by atoms with Gasteiger partial charge in [0.1, 0.15) is 5.82 Å². The van der Waals surface area contributed by atoms with Crippen LogP contribution < -0.4 is 10.6 Å². The third-order valence-corrected chi connectivity index (χ3v) is 4.59. The normalized spacial score (nSPS) is 16.3. The molecular formula is C19H22FN3O2. The maximum Gasteiger partial charge on any atom is 0.321 e. The highest BCUT2D eigenvalue weighted by atomic mass is 19.1. The van der Waals surface area contributed by atoms with Gasteiger partial charge in [-0.3, -0.25) is 0 Å². The molecule has 0 saturated carbocycles. The lowest BCUT2D eigenvalue weighted by Gasteiger charge is -2.41. The van der Waals surface area contributed by atoms with Gasteiger partial charge in [0.05, 0.1) is 12.1 Å². The molecule has 0 bridgehead atoms. The molecule has 5 nitrogen and oxygen atoms in total. The van der Waals surface area contributed by atoms with Crippen LogP contribution in [-0.4, -0.2) is 41.3 Å². The number of halogens is 1. The fourth-order valence-corrected chi connectivity index (χ4v) is 3.02. The van der Waals surface area contributed by atoms with E-state index >= 15 is 0 Å². The highest BCUT2D eigenvalue weighted by molar-refractivity contribution is 5.89. The van der Waals surface area contributed by atoms with Crippen LogP contribution in [0.4, 0.5) is 20.6 Å². The minimum Gasteiger partial charge on any atom is -0.394 e. The third kappa shape index (κ3) is 4.28. The Balaban J connectivity index is 1.58. The van der Waals surface area contributed by atoms with E-state index in [1.54, 1.807) is 4.90 Å². The molecule has 2 aromatic carbocycles. The van der Waals surface area contributed by atoms with Crippen molar-refractivity contribution in [2.45, 2.75) is 18.4 Å². The lowest BCUT2D eigenvalue weighted by Crippen LogP contribution is -2.53. The van der Waals surface area contributed by atoms with Crippen LogP contribution in [0, 0.1) is 5.82 Å². The van der Waals surface area contributed by atoms with E-state index in [0.717, 1.165) is 5.69 Å². The summed E-state index contributed by atoms with van der Waals surface area (Å²) >= 11 is 0. The largest absolute Gasteiger partial charge is 0.394 e. The van der Waals surface area contributed by atoms with Gasteiger partial charge in [0.2, 0.25) is 0 Å². The van der Waals surface area contributed by atoms with Gasteiger partial charge in [0.25, 0.3) is 0 Å². The molecular weight excluding hydrogens is 321 g/mol. The maximum absolute atomic E-state index is 12.9. The number of rotatable bonds is 4. The summed E-state index contributed by atoms with van der Waals surface area (Å²) < 4.78 is 12.9. The highest BCUT2D eigenvalue weighted by Gasteiger charge is 2.35. The fourth-order valence-electron chi connectivity index (χ4n) is 3.02. The van der Waals surface area contributed by atoms with Crippen molar-refractivity contribution < 1.29 is 14.3 Å². The van der Waals surface area contributed by atoms with Crippen LogP contribution in [0.15, 0.2) is 54.6 Å². The van der Waals surface area contributed by atoms with Crippen molar-refractivity contribution in [2.24, 2.45) is 0 Å². The molecule has 0 aliphatic carbocycles. The molecule has 132 valence electrons. The molecule has 0 unspecified atom stereocenters. The SMILES string of the molecule is O=C(Nc1ccc(F)cc1)N1CCC(CO)(Nc2ccccc2)CC1. The molecule has 2 amide bonds. The quantitative estimate of drug-likeness (QED) is 0.798. The smallest absolute Gasteiger partial charge is 0.321 e. The Bertz CT molecular complexity index is 698. The summed E-state index contributed by atoms with van der Waals surface area (Å²) in [6.45, 7) is 1.08. The van der Waals surface area contributed by atoms with Crippen LogP contribution in [0.25, 0.3) is 0 Å². The number of para-hydroxylation sites is 1. The van der Waals surface area contributed by atoms with Gasteiger partial charge >= 0.3 is 6.03 Å². The Morgan fingerprint density at radius 1 is 1.04 bits per heavy atom. The van der Waals surface area contributed by atoms with E-state index in [9.17, 15) is 14.3 Å². The van der Waals surface area contributed by atoms with Crippen molar-refractivity contribution >= 4 is 17.4 Å². The number of aliphatic hydroxyl groups is 1. The Labute approximate surface area is 146 Å². The van der Waals surface area contributed by atoms with E-state index in [4.69, 9.17) is 0 Å². The first-order valence-corrected chi connectivity index (χ1v) is 8.36. The van der Waals surface area contributed by atoms with E-state index in [0.29, 0.717) is 31.6 Å². The summed E-state index contributed by atoms with van der Waals surface area (Å²) in [5.41, 5.74) is 1.10. The molecule has 1 saturated heterocycles. The number of nitrogens with one attached hydrogen (secondary N) is 2. The van der Waals surface area contributed by atoms with Crippen LogP contribution >= 0.6 is 0 Å². The zero-order chi connectivity index (χ0) is 17.7. The zero-order valence-electron chi connectivity index (χ0n) is 13.9. The fraction of sp³-hybridized carbons (Fsp3) is 0.316. The summed E-state index contributed by atoms with van der Waals surface area (Å²) in [7, 11) is 0. The van der Waals surface area contributed by atoms with Crippen molar-refractivity contribution in [3.63, 3.8) is 0 Å². The molecule has 1 aliphatic heterocycles. The standard InChI is InChI=1S/C19H22FN3O2/c20-15-6-8-16(9-7-15)21-18(25)23-12-10-19(14-24,11-13-23)22-17-4-2-1-3-5-17/h1-9,22,24H,10-14H2,(H,21,25). The van der Waals surface area contributed by atoms with Crippen molar-refractivity contribution in [2.75, 3.05) is 30.3 Å². The van der Waals surface area contributed by atoms with Crippen molar-refractivity contribution in [1.29, 1.82) is 0 Å². The highest BCUT2D eigenvalue weighted by Crippen LogP contribution is 2.27. The molecule has 0 aromatic heterocycles. The van der Waals surface area contributed by atoms with E-state index in [2.05, 4.69) is 10.6 Å². The minimum absolute atomic E-state index is 0.00924. The van der Waals surface area contributed by atoms with Gasteiger partial charge in [-0.25, -0.2) is 9.18 Å². The average molecular weight is 343 g/mol. The average Bonchev–Trinajstić information content (AvgIpc) is 2.65. The number of carbonyl (C=O) groups is 1. The molecule has 25 heavy (non-hydrogen) atoms. The summed E-state index contributed by atoms with van der Waals surface area (Å²) in [5.74, 6) is -0.337. The lowest BCUT2D eigenvalue weighted by atomic mass is 9.88. The van der Waals surface area contributed by atoms with E-state index in [1.807, 2.05) is 30.3 Å². The van der Waals surface area contributed by atoms with Gasteiger partial charge in [-0.2, -0.15) is 0 Å². The topological polar surface area (TPSA) is 64.6 Å². The number of piperidine rings is 1. The number of nitrogens with zero attached hydrogens (tertiary/aromatic N) is 1. The molecule has 1 fully saturated rings. The van der Waals surface area contributed by atoms with Crippen molar-refractivity contribution in [1.82, 2.24) is 4.90 Å². The van der Waals surface area contributed by atoms with Crippen molar-refractivity contribution in [3.8, 4) is 0 Å². The molecule has 0 atom stereocenters. The predicted octanol–water partition coefficient (Wildman–Crippen LogP) is 3.30. The second-order valence-electron chi connectivity index (χ2n) is 6.35. The summed E-state index contributed by atoms with van der Waals surface area (Å²) in [4.78, 5) is 14.1. The summed E-state index contributed by atoms with van der Waals surface area (Å²) in [6, 6.07) is 15.2. The van der Waals surface area contributed by atoms with E-state index < -0.39 is 5.54 Å². The molecule has 2 aromatic rings. The van der Waals surface area contributed by atoms with Gasteiger partial charge in [-0.05, 0) is 49.2 Å². The maximum atomic E-state index is 12.9. The number of hydrogen-bond donors (Lipinski definition) is 3. The molecule has 0 radical (unpaired) electrons. The number of benzene rings is 2. The first-order chi connectivity index (χ1) is 12.1. The van der Waals surface area contributed by atoms with Crippen LogP contribution in [-0.2, 0) is 0 Å². The number of likely N-dealkylation sites (tertiary alicyclic amines) is 1. The number of anilines is 2. The van der Waals surface area contributed by atoms with Crippen LogP contribution in [0.2, 0.25) is 0 Å². The van der Waals surface area contributed by atoms with Gasteiger partial charge < -0.3 is 20.6 Å². The Morgan fingerprint density at radius 2 is 1.68 bits per heavy atom. The molecule has 3 N–H and O–H groups in total. The first kappa shape index (κ1) is 17.2. The molecule has 6 heteroatoms. The second kappa shape index (κ2) is 7.53. The Hall–Kier alpha value is -2.60.